The second kappa shape index (κ2) is 7.25. The summed E-state index contributed by atoms with van der Waals surface area (Å²) in [6.45, 7) is 2.51. The smallest absolute Gasteiger partial charge is 0.224 e. The minimum Gasteiger partial charge on any atom is -0.355 e. The van der Waals surface area contributed by atoms with E-state index < -0.39 is 0 Å². The van der Waals surface area contributed by atoms with Crippen molar-refractivity contribution in [3.05, 3.63) is 35.9 Å². The Hall–Kier alpha value is -1.84. The first-order valence-corrected chi connectivity index (χ1v) is 7.64. The lowest BCUT2D eigenvalue weighted by Gasteiger charge is -2.25. The van der Waals surface area contributed by atoms with Gasteiger partial charge in [-0.2, -0.15) is 0 Å². The first kappa shape index (κ1) is 15.5. The monoisotopic (exact) mass is 288 g/mol. The van der Waals surface area contributed by atoms with Crippen molar-refractivity contribution < 1.29 is 9.59 Å². The average molecular weight is 288 g/mol. The first-order valence-electron chi connectivity index (χ1n) is 7.64. The Balaban J connectivity index is 1.66. The second-order valence-corrected chi connectivity index (χ2v) is 5.85. The number of carbonyl (C=O) groups excluding carboxylic acids is 2. The summed E-state index contributed by atoms with van der Waals surface area (Å²) >= 11 is 0. The van der Waals surface area contributed by atoms with Crippen LogP contribution in [0.15, 0.2) is 30.3 Å². The molecule has 0 aliphatic heterocycles. The van der Waals surface area contributed by atoms with Crippen molar-refractivity contribution in [3.63, 3.8) is 0 Å². The van der Waals surface area contributed by atoms with Crippen molar-refractivity contribution in [1.29, 1.82) is 0 Å². The zero-order valence-electron chi connectivity index (χ0n) is 12.8. The van der Waals surface area contributed by atoms with Crippen LogP contribution in [0.5, 0.6) is 0 Å². The van der Waals surface area contributed by atoms with Gasteiger partial charge in [-0.15, -0.1) is 0 Å². The summed E-state index contributed by atoms with van der Waals surface area (Å²) in [4.78, 5) is 25.6. The predicted molar refractivity (Wildman–Crippen MR) is 82.7 cm³/mol. The Morgan fingerprint density at radius 2 is 1.95 bits per heavy atom. The lowest BCUT2D eigenvalue weighted by atomic mass is 10.1. The lowest BCUT2D eigenvalue weighted by Crippen LogP contribution is -2.38. The Bertz CT molecular complexity index is 483. The summed E-state index contributed by atoms with van der Waals surface area (Å²) in [6, 6.07) is 9.93. The molecule has 0 radical (unpaired) electrons. The van der Waals surface area contributed by atoms with Gasteiger partial charge in [0.15, 0.2) is 0 Å². The maximum absolute atomic E-state index is 12.0. The van der Waals surface area contributed by atoms with E-state index in [-0.39, 0.29) is 11.8 Å². The molecule has 1 atom stereocenters. The number of benzene rings is 1. The van der Waals surface area contributed by atoms with Crippen LogP contribution in [0.1, 0.15) is 31.7 Å². The molecule has 21 heavy (non-hydrogen) atoms. The SMILES string of the molecule is CC(C1CC1)N(C)C(=O)CCNC(=O)Cc1ccccc1. The highest BCUT2D eigenvalue weighted by molar-refractivity contribution is 5.80. The normalized spacial score (nSPS) is 15.3. The van der Waals surface area contributed by atoms with Gasteiger partial charge in [0, 0.05) is 26.1 Å². The van der Waals surface area contributed by atoms with Crippen LogP contribution in [0.4, 0.5) is 0 Å². The van der Waals surface area contributed by atoms with E-state index in [1.165, 1.54) is 12.8 Å². The molecule has 2 rings (SSSR count). The van der Waals surface area contributed by atoms with Gasteiger partial charge in [0.1, 0.15) is 0 Å². The molecule has 114 valence electrons. The van der Waals surface area contributed by atoms with Gasteiger partial charge < -0.3 is 10.2 Å². The molecule has 0 saturated heterocycles. The number of nitrogens with one attached hydrogen (secondary N) is 1. The van der Waals surface area contributed by atoms with Gasteiger partial charge in [0.05, 0.1) is 6.42 Å². The third-order valence-corrected chi connectivity index (χ3v) is 4.18. The molecule has 1 saturated carbocycles. The van der Waals surface area contributed by atoms with Gasteiger partial charge in [-0.05, 0) is 31.2 Å². The topological polar surface area (TPSA) is 49.4 Å². The van der Waals surface area contributed by atoms with Crippen molar-refractivity contribution >= 4 is 11.8 Å². The van der Waals surface area contributed by atoms with Gasteiger partial charge in [-0.25, -0.2) is 0 Å². The summed E-state index contributed by atoms with van der Waals surface area (Å²) < 4.78 is 0. The van der Waals surface area contributed by atoms with Crippen LogP contribution in [0.3, 0.4) is 0 Å². The molecule has 2 amide bonds. The van der Waals surface area contributed by atoms with Gasteiger partial charge in [-0.1, -0.05) is 30.3 Å². The van der Waals surface area contributed by atoms with Crippen LogP contribution in [0.25, 0.3) is 0 Å². The number of hydrogen-bond donors (Lipinski definition) is 1. The average Bonchev–Trinajstić information content (AvgIpc) is 3.31. The third kappa shape index (κ3) is 4.88. The van der Waals surface area contributed by atoms with Crippen LogP contribution in [-0.4, -0.2) is 36.3 Å². The molecule has 1 N–H and O–H groups in total. The van der Waals surface area contributed by atoms with Gasteiger partial charge >= 0.3 is 0 Å². The number of nitrogens with zero attached hydrogens (tertiary/aromatic N) is 1. The molecule has 0 bridgehead atoms. The number of hydrogen-bond acceptors (Lipinski definition) is 2. The highest BCUT2D eigenvalue weighted by Crippen LogP contribution is 2.34. The van der Waals surface area contributed by atoms with Gasteiger partial charge in [0.2, 0.25) is 11.8 Å². The standard InChI is InChI=1S/C17H24N2O2/c1-13(15-8-9-15)19(2)17(21)10-11-18-16(20)12-14-6-4-3-5-7-14/h3-7,13,15H,8-12H2,1-2H3,(H,18,20). The molecule has 1 aliphatic carbocycles. The van der Waals surface area contributed by atoms with Crippen LogP contribution in [0.2, 0.25) is 0 Å². The van der Waals surface area contributed by atoms with Crippen LogP contribution in [0, 0.1) is 5.92 Å². The van der Waals surface area contributed by atoms with Crippen LogP contribution < -0.4 is 5.32 Å². The molecule has 4 nitrogen and oxygen atoms in total. The van der Waals surface area contributed by atoms with Crippen LogP contribution in [-0.2, 0) is 16.0 Å². The van der Waals surface area contributed by atoms with E-state index in [0.29, 0.717) is 31.3 Å². The third-order valence-electron chi connectivity index (χ3n) is 4.18. The Morgan fingerprint density at radius 1 is 1.29 bits per heavy atom. The fourth-order valence-corrected chi connectivity index (χ4v) is 2.45. The van der Waals surface area contributed by atoms with Gasteiger partial charge in [-0.3, -0.25) is 9.59 Å². The number of rotatable bonds is 7. The van der Waals surface area contributed by atoms with E-state index in [2.05, 4.69) is 12.2 Å². The molecular weight excluding hydrogens is 264 g/mol. The Morgan fingerprint density at radius 3 is 2.57 bits per heavy atom. The summed E-state index contributed by atoms with van der Waals surface area (Å²) in [7, 11) is 1.86. The summed E-state index contributed by atoms with van der Waals surface area (Å²) in [6.07, 6.45) is 3.19. The van der Waals surface area contributed by atoms with Crippen molar-refractivity contribution in [2.24, 2.45) is 5.92 Å². The number of amides is 2. The van der Waals surface area contributed by atoms with E-state index in [1.807, 2.05) is 42.3 Å². The van der Waals surface area contributed by atoms with Crippen molar-refractivity contribution in [3.8, 4) is 0 Å². The Labute approximate surface area is 126 Å². The molecule has 1 aromatic carbocycles. The minimum atomic E-state index is -0.0353. The highest BCUT2D eigenvalue weighted by atomic mass is 16.2. The second-order valence-electron chi connectivity index (χ2n) is 5.85. The Kier molecular flexibility index (Phi) is 5.37. The first-order chi connectivity index (χ1) is 10.1. The lowest BCUT2D eigenvalue weighted by molar-refractivity contribution is -0.132. The maximum Gasteiger partial charge on any atom is 0.224 e. The molecule has 1 aromatic rings. The molecule has 0 spiro atoms. The van der Waals surface area contributed by atoms with E-state index in [4.69, 9.17) is 0 Å². The predicted octanol–water partition coefficient (Wildman–Crippen LogP) is 1.99. The molecule has 1 aliphatic rings. The molecule has 1 fully saturated rings. The zero-order chi connectivity index (χ0) is 15.2. The molecule has 4 heteroatoms. The van der Waals surface area contributed by atoms with Crippen LogP contribution >= 0.6 is 0 Å². The fourth-order valence-electron chi connectivity index (χ4n) is 2.45. The van der Waals surface area contributed by atoms with E-state index >= 15 is 0 Å². The quantitative estimate of drug-likeness (QED) is 0.834. The largest absolute Gasteiger partial charge is 0.355 e. The van der Waals surface area contributed by atoms with Crippen molar-refractivity contribution in [2.75, 3.05) is 13.6 Å². The zero-order valence-corrected chi connectivity index (χ0v) is 12.8. The molecule has 0 aromatic heterocycles. The number of carbonyl (C=O) groups is 2. The van der Waals surface area contributed by atoms with E-state index in [1.54, 1.807) is 0 Å². The molecule has 1 unspecified atom stereocenters. The van der Waals surface area contributed by atoms with E-state index in [0.717, 1.165) is 5.56 Å². The summed E-state index contributed by atoms with van der Waals surface area (Å²) in [5, 5.41) is 2.81. The van der Waals surface area contributed by atoms with Gasteiger partial charge in [0.25, 0.3) is 0 Å². The van der Waals surface area contributed by atoms with Crippen molar-refractivity contribution in [1.82, 2.24) is 10.2 Å². The highest BCUT2D eigenvalue weighted by Gasteiger charge is 2.32. The van der Waals surface area contributed by atoms with E-state index in [9.17, 15) is 9.59 Å². The fraction of sp³-hybridized carbons (Fsp3) is 0.529. The molecular formula is C17H24N2O2. The molecule has 0 heterocycles. The minimum absolute atomic E-state index is 0.0353. The summed E-state index contributed by atoms with van der Waals surface area (Å²) in [5.41, 5.74) is 0.987. The maximum atomic E-state index is 12.0. The summed E-state index contributed by atoms with van der Waals surface area (Å²) in [5.74, 6) is 0.743. The van der Waals surface area contributed by atoms with Crippen molar-refractivity contribution in [2.45, 2.75) is 38.6 Å².